The van der Waals surface area contributed by atoms with E-state index in [1.165, 1.54) is 0 Å². The number of hydrogen-bond donors (Lipinski definition) is 4. The van der Waals surface area contributed by atoms with E-state index < -0.39 is 0 Å². The Bertz CT molecular complexity index is 1490. The van der Waals surface area contributed by atoms with E-state index in [0.29, 0.717) is 46.4 Å². The fourth-order valence-electron chi connectivity index (χ4n) is 3.53. The Morgan fingerprint density at radius 3 is 2.66 bits per heavy atom. The SMILES string of the molecule is C=C=Cc1[nH]c(-c2[nH]nc3ncc(-c4ccc(NC(=O)CC)nc4)cc23)nc1/C(=C\C)C(=O)NC. The molecule has 0 aromatic carbocycles. The van der Waals surface area contributed by atoms with Gasteiger partial charge >= 0.3 is 0 Å². The Labute approximate surface area is 201 Å². The highest BCUT2D eigenvalue weighted by atomic mass is 16.2. The number of likely N-dealkylation sites (N-methyl/N-ethyl adjacent to an activating group) is 1. The molecule has 0 aliphatic heterocycles. The summed E-state index contributed by atoms with van der Waals surface area (Å²) in [5.74, 6) is 0.619. The Morgan fingerprint density at radius 2 is 2.00 bits per heavy atom. The number of aromatic amines is 2. The quantitative estimate of drug-likeness (QED) is 0.241. The van der Waals surface area contributed by atoms with Crippen LogP contribution in [0.1, 0.15) is 31.7 Å². The maximum absolute atomic E-state index is 12.4. The average Bonchev–Trinajstić information content (AvgIpc) is 3.48. The lowest BCUT2D eigenvalue weighted by Crippen LogP contribution is -2.19. The molecule has 35 heavy (non-hydrogen) atoms. The predicted octanol–water partition coefficient (Wildman–Crippen LogP) is 3.71. The number of nitrogens with one attached hydrogen (secondary N) is 4. The highest BCUT2D eigenvalue weighted by Crippen LogP contribution is 2.30. The number of rotatable bonds is 7. The molecule has 0 spiro atoms. The molecule has 0 atom stereocenters. The van der Waals surface area contributed by atoms with Gasteiger partial charge in [0, 0.05) is 43.1 Å². The van der Waals surface area contributed by atoms with Crippen LogP contribution in [0.2, 0.25) is 0 Å². The smallest absolute Gasteiger partial charge is 0.252 e. The maximum atomic E-state index is 12.4. The second-order valence-corrected chi connectivity index (χ2v) is 7.51. The molecule has 0 fully saturated rings. The number of nitrogens with zero attached hydrogens (tertiary/aromatic N) is 4. The molecule has 4 rings (SSSR count). The van der Waals surface area contributed by atoms with E-state index in [-0.39, 0.29) is 11.8 Å². The number of carbonyl (C=O) groups is 2. The molecule has 10 heteroatoms. The summed E-state index contributed by atoms with van der Waals surface area (Å²) >= 11 is 0. The molecule has 0 bridgehead atoms. The van der Waals surface area contributed by atoms with E-state index in [2.05, 4.69) is 53.1 Å². The van der Waals surface area contributed by atoms with Crippen LogP contribution < -0.4 is 10.6 Å². The lowest BCUT2D eigenvalue weighted by molar-refractivity contribution is -0.116. The van der Waals surface area contributed by atoms with E-state index in [4.69, 9.17) is 0 Å². The Hall–Kier alpha value is -4.82. The van der Waals surface area contributed by atoms with Crippen LogP contribution in [-0.4, -0.2) is 49.0 Å². The molecular formula is C25H24N8O2. The highest BCUT2D eigenvalue weighted by Gasteiger charge is 2.21. The summed E-state index contributed by atoms with van der Waals surface area (Å²) in [5, 5.41) is 13.4. The number of hydrogen-bond acceptors (Lipinski definition) is 6. The second kappa shape index (κ2) is 9.98. The Kier molecular flexibility index (Phi) is 6.66. The van der Waals surface area contributed by atoms with Gasteiger partial charge in [-0.15, -0.1) is 5.73 Å². The lowest BCUT2D eigenvalue weighted by atomic mass is 10.1. The summed E-state index contributed by atoms with van der Waals surface area (Å²) in [5.41, 5.74) is 6.98. The third-order valence-corrected chi connectivity index (χ3v) is 5.33. The van der Waals surface area contributed by atoms with Gasteiger partial charge < -0.3 is 15.6 Å². The number of aromatic nitrogens is 6. The first-order valence-corrected chi connectivity index (χ1v) is 10.9. The summed E-state index contributed by atoms with van der Waals surface area (Å²) < 4.78 is 0. The van der Waals surface area contributed by atoms with E-state index in [0.717, 1.165) is 16.5 Å². The minimum absolute atomic E-state index is 0.0997. The summed E-state index contributed by atoms with van der Waals surface area (Å²) in [6.45, 7) is 7.19. The van der Waals surface area contributed by atoms with Crippen molar-refractivity contribution in [3.63, 3.8) is 0 Å². The average molecular weight is 469 g/mol. The fourth-order valence-corrected chi connectivity index (χ4v) is 3.53. The van der Waals surface area contributed by atoms with Crippen LogP contribution in [0.15, 0.2) is 49.0 Å². The van der Waals surface area contributed by atoms with E-state index >= 15 is 0 Å². The molecule has 10 nitrogen and oxygen atoms in total. The van der Waals surface area contributed by atoms with Crippen molar-refractivity contribution in [1.29, 1.82) is 0 Å². The maximum Gasteiger partial charge on any atom is 0.252 e. The number of imidazole rings is 1. The van der Waals surface area contributed by atoms with Gasteiger partial charge in [-0.05, 0) is 25.1 Å². The van der Waals surface area contributed by atoms with E-state index in [1.54, 1.807) is 51.5 Å². The first-order valence-electron chi connectivity index (χ1n) is 10.9. The van der Waals surface area contributed by atoms with Crippen molar-refractivity contribution in [2.75, 3.05) is 12.4 Å². The zero-order valence-electron chi connectivity index (χ0n) is 19.6. The van der Waals surface area contributed by atoms with Crippen LogP contribution in [0.4, 0.5) is 5.82 Å². The highest BCUT2D eigenvalue weighted by molar-refractivity contribution is 6.19. The molecule has 4 aromatic rings. The van der Waals surface area contributed by atoms with Crippen LogP contribution in [0.25, 0.3) is 45.3 Å². The summed E-state index contributed by atoms with van der Waals surface area (Å²) in [7, 11) is 1.57. The predicted molar refractivity (Wildman–Crippen MR) is 135 cm³/mol. The van der Waals surface area contributed by atoms with Gasteiger partial charge in [0.25, 0.3) is 5.91 Å². The zero-order chi connectivity index (χ0) is 24.9. The molecule has 2 amide bonds. The van der Waals surface area contributed by atoms with E-state index in [1.807, 2.05) is 12.1 Å². The molecule has 0 saturated heterocycles. The lowest BCUT2D eigenvalue weighted by Gasteiger charge is -2.05. The molecule has 0 radical (unpaired) electrons. The summed E-state index contributed by atoms with van der Waals surface area (Å²) in [6.07, 6.45) is 7.09. The number of allylic oxidation sites excluding steroid dienone is 1. The molecule has 0 aliphatic rings. The van der Waals surface area contributed by atoms with Gasteiger partial charge in [-0.1, -0.05) is 19.6 Å². The first-order chi connectivity index (χ1) is 17.0. The number of pyridine rings is 2. The van der Waals surface area contributed by atoms with Gasteiger partial charge in [0.15, 0.2) is 11.5 Å². The molecule has 0 unspecified atom stereocenters. The Morgan fingerprint density at radius 1 is 1.20 bits per heavy atom. The second-order valence-electron chi connectivity index (χ2n) is 7.51. The standard InChI is InChI=1S/C25H24N8O2/c1-5-8-18-21(16(6-2)25(35)26-4)31-24(29-18)22-17-11-15(13-28-23(17)33-32-22)14-9-10-19(27-12-14)30-20(34)7-3/h6,8-13H,1,7H2,2-4H3,(H,26,35)(H,29,31)(H,27,30,34)(H,28,32,33)/b16-6+. The monoisotopic (exact) mass is 468 g/mol. The number of amides is 2. The summed E-state index contributed by atoms with van der Waals surface area (Å²) in [4.78, 5) is 40.6. The molecule has 0 saturated carbocycles. The molecular weight excluding hydrogens is 444 g/mol. The van der Waals surface area contributed by atoms with Crippen LogP contribution in [0, 0.1) is 0 Å². The third-order valence-electron chi connectivity index (χ3n) is 5.33. The van der Waals surface area contributed by atoms with Gasteiger partial charge in [0.2, 0.25) is 5.91 Å². The van der Waals surface area contributed by atoms with Crippen LogP contribution >= 0.6 is 0 Å². The largest absolute Gasteiger partial charge is 0.355 e. The van der Waals surface area contributed by atoms with Gasteiger partial charge in [0.1, 0.15) is 17.2 Å². The zero-order valence-corrected chi connectivity index (χ0v) is 19.6. The fraction of sp³-hybridized carbons (Fsp3) is 0.160. The van der Waals surface area contributed by atoms with Crippen molar-refractivity contribution in [1.82, 2.24) is 35.5 Å². The Balaban J connectivity index is 1.76. The first kappa shape index (κ1) is 23.3. The number of H-pyrrole nitrogens is 2. The van der Waals surface area contributed by atoms with Gasteiger partial charge in [-0.25, -0.2) is 15.0 Å². The molecule has 4 aromatic heterocycles. The molecule has 0 aliphatic carbocycles. The molecule has 4 heterocycles. The van der Waals surface area contributed by atoms with Crippen molar-refractivity contribution in [3.05, 3.63) is 60.4 Å². The number of anilines is 1. The number of carbonyl (C=O) groups excluding carboxylic acids is 2. The van der Waals surface area contributed by atoms with Gasteiger partial charge in [0.05, 0.1) is 16.7 Å². The van der Waals surface area contributed by atoms with Crippen molar-refractivity contribution < 1.29 is 9.59 Å². The normalized spacial score (nSPS) is 11.2. The van der Waals surface area contributed by atoms with Crippen molar-refractivity contribution in [2.24, 2.45) is 0 Å². The van der Waals surface area contributed by atoms with Gasteiger partial charge in [-0.2, -0.15) is 5.10 Å². The van der Waals surface area contributed by atoms with Crippen LogP contribution in [0.3, 0.4) is 0 Å². The minimum Gasteiger partial charge on any atom is -0.355 e. The molecule has 176 valence electrons. The van der Waals surface area contributed by atoms with Crippen molar-refractivity contribution >= 4 is 40.3 Å². The third kappa shape index (κ3) is 4.64. The van der Waals surface area contributed by atoms with Crippen LogP contribution in [-0.2, 0) is 9.59 Å². The topological polar surface area (TPSA) is 141 Å². The summed E-state index contributed by atoms with van der Waals surface area (Å²) in [6, 6.07) is 5.54. The van der Waals surface area contributed by atoms with Gasteiger partial charge in [-0.3, -0.25) is 14.7 Å². The van der Waals surface area contributed by atoms with Crippen molar-refractivity contribution in [3.8, 4) is 22.6 Å². The minimum atomic E-state index is -0.256. The van der Waals surface area contributed by atoms with Crippen LogP contribution in [0.5, 0.6) is 0 Å². The van der Waals surface area contributed by atoms with Crippen molar-refractivity contribution in [2.45, 2.75) is 20.3 Å². The number of fused-ring (bicyclic) bond motifs is 1. The van der Waals surface area contributed by atoms with E-state index in [9.17, 15) is 9.59 Å². The molecule has 4 N–H and O–H groups in total.